The number of esters is 1. The molecule has 0 aromatic rings. The van der Waals surface area contributed by atoms with Crippen LogP contribution in [0.15, 0.2) is 0 Å². The van der Waals surface area contributed by atoms with E-state index in [-0.39, 0.29) is 17.7 Å². The maximum absolute atomic E-state index is 12.3. The van der Waals surface area contributed by atoms with Gasteiger partial charge in [-0.1, -0.05) is 13.8 Å². The molecule has 1 saturated heterocycles. The van der Waals surface area contributed by atoms with Gasteiger partial charge in [-0.05, 0) is 39.0 Å². The second-order valence-corrected chi connectivity index (χ2v) is 7.26. The standard InChI is InChI=1S/C16H28N2O4/c1-11(2)13(15(21)22-16(3,4)5)14(20)17-8-12-6-7-18(9-12)10-19/h10-13H,6-9H2,1-5H3,(H,17,20)/t12-,13-/m0/s1. The Morgan fingerprint density at radius 1 is 1.36 bits per heavy atom. The van der Waals surface area contributed by atoms with Crippen molar-refractivity contribution in [3.63, 3.8) is 0 Å². The molecule has 6 heteroatoms. The van der Waals surface area contributed by atoms with Crippen molar-refractivity contribution in [2.45, 2.75) is 46.6 Å². The number of likely N-dealkylation sites (tertiary alicyclic amines) is 1. The fourth-order valence-corrected chi connectivity index (χ4v) is 2.53. The summed E-state index contributed by atoms with van der Waals surface area (Å²) in [5.41, 5.74) is -0.611. The molecule has 2 atom stereocenters. The summed E-state index contributed by atoms with van der Waals surface area (Å²) in [6, 6.07) is 0. The molecule has 0 bridgehead atoms. The first kappa shape index (κ1) is 18.5. The Morgan fingerprint density at radius 2 is 2.00 bits per heavy atom. The first-order chi connectivity index (χ1) is 10.1. The molecule has 0 saturated carbocycles. The molecular weight excluding hydrogens is 284 g/mol. The van der Waals surface area contributed by atoms with Gasteiger partial charge in [0.25, 0.3) is 0 Å². The number of amides is 2. The first-order valence-corrected chi connectivity index (χ1v) is 7.84. The fourth-order valence-electron chi connectivity index (χ4n) is 2.53. The van der Waals surface area contributed by atoms with Gasteiger partial charge in [0.05, 0.1) is 0 Å². The second kappa shape index (κ2) is 7.61. The van der Waals surface area contributed by atoms with Crippen molar-refractivity contribution >= 4 is 18.3 Å². The number of hydrogen-bond donors (Lipinski definition) is 1. The summed E-state index contributed by atoms with van der Waals surface area (Å²) in [5, 5.41) is 2.83. The molecule has 1 aliphatic heterocycles. The van der Waals surface area contributed by atoms with Gasteiger partial charge in [0.15, 0.2) is 0 Å². The van der Waals surface area contributed by atoms with Crippen molar-refractivity contribution in [2.24, 2.45) is 17.8 Å². The lowest BCUT2D eigenvalue weighted by Gasteiger charge is -2.25. The lowest BCUT2D eigenvalue weighted by atomic mass is 9.94. The number of ether oxygens (including phenoxy) is 1. The smallest absolute Gasteiger partial charge is 0.319 e. The van der Waals surface area contributed by atoms with E-state index in [4.69, 9.17) is 4.74 Å². The van der Waals surface area contributed by atoms with Crippen LogP contribution in [-0.4, -0.2) is 48.4 Å². The van der Waals surface area contributed by atoms with Crippen molar-refractivity contribution in [1.29, 1.82) is 0 Å². The van der Waals surface area contributed by atoms with Crippen LogP contribution >= 0.6 is 0 Å². The van der Waals surface area contributed by atoms with Gasteiger partial charge in [-0.3, -0.25) is 14.4 Å². The average molecular weight is 312 g/mol. The average Bonchev–Trinajstić information content (AvgIpc) is 2.81. The topological polar surface area (TPSA) is 75.7 Å². The zero-order valence-electron chi connectivity index (χ0n) is 14.2. The second-order valence-electron chi connectivity index (χ2n) is 7.26. The Kier molecular flexibility index (Phi) is 6.38. The van der Waals surface area contributed by atoms with E-state index in [1.54, 1.807) is 25.7 Å². The van der Waals surface area contributed by atoms with E-state index in [1.165, 1.54) is 0 Å². The highest BCUT2D eigenvalue weighted by molar-refractivity contribution is 5.98. The summed E-state index contributed by atoms with van der Waals surface area (Å²) in [5.74, 6) is -1.47. The van der Waals surface area contributed by atoms with Crippen LogP contribution in [0.5, 0.6) is 0 Å². The molecule has 0 unspecified atom stereocenters. The van der Waals surface area contributed by atoms with Crippen LogP contribution < -0.4 is 5.32 Å². The minimum Gasteiger partial charge on any atom is -0.459 e. The molecule has 0 radical (unpaired) electrons. The molecule has 1 rings (SSSR count). The summed E-state index contributed by atoms with van der Waals surface area (Å²) < 4.78 is 5.33. The highest BCUT2D eigenvalue weighted by Gasteiger charge is 2.34. The van der Waals surface area contributed by atoms with E-state index in [9.17, 15) is 14.4 Å². The van der Waals surface area contributed by atoms with E-state index in [1.807, 2.05) is 13.8 Å². The number of carbonyl (C=O) groups excluding carboxylic acids is 3. The third-order valence-corrected chi connectivity index (χ3v) is 3.64. The molecule has 0 spiro atoms. The zero-order valence-corrected chi connectivity index (χ0v) is 14.2. The van der Waals surface area contributed by atoms with Gasteiger partial charge >= 0.3 is 5.97 Å². The van der Waals surface area contributed by atoms with Crippen LogP contribution in [0, 0.1) is 17.8 Å². The number of rotatable bonds is 6. The minimum atomic E-state index is -0.803. The van der Waals surface area contributed by atoms with Crippen LogP contribution in [-0.2, 0) is 19.1 Å². The molecule has 6 nitrogen and oxygen atoms in total. The molecule has 2 amide bonds. The molecule has 1 aliphatic rings. The number of nitrogens with zero attached hydrogens (tertiary/aromatic N) is 1. The molecule has 1 fully saturated rings. The highest BCUT2D eigenvalue weighted by Crippen LogP contribution is 2.19. The molecular formula is C16H28N2O4. The molecule has 0 aliphatic carbocycles. The van der Waals surface area contributed by atoms with Gasteiger partial charge in [0.1, 0.15) is 11.5 Å². The lowest BCUT2D eigenvalue weighted by Crippen LogP contribution is -2.43. The Morgan fingerprint density at radius 3 is 2.45 bits per heavy atom. The SMILES string of the molecule is CC(C)[C@@H](C(=O)NC[C@@H]1CCN(C=O)C1)C(=O)OC(C)(C)C. The summed E-state index contributed by atoms with van der Waals surface area (Å²) in [6.45, 7) is 10.9. The fraction of sp³-hybridized carbons (Fsp3) is 0.812. The van der Waals surface area contributed by atoms with Crippen LogP contribution in [0.3, 0.4) is 0 Å². The van der Waals surface area contributed by atoms with Crippen molar-refractivity contribution < 1.29 is 19.1 Å². The van der Waals surface area contributed by atoms with Crippen molar-refractivity contribution in [3.8, 4) is 0 Å². The summed E-state index contributed by atoms with van der Waals surface area (Å²) in [4.78, 5) is 36.9. The number of nitrogens with one attached hydrogen (secondary N) is 1. The molecule has 1 heterocycles. The predicted molar refractivity (Wildman–Crippen MR) is 82.9 cm³/mol. The summed E-state index contributed by atoms with van der Waals surface area (Å²) in [6.07, 6.45) is 1.71. The third-order valence-electron chi connectivity index (χ3n) is 3.64. The predicted octanol–water partition coefficient (Wildman–Crippen LogP) is 1.19. The molecule has 126 valence electrons. The maximum Gasteiger partial charge on any atom is 0.319 e. The Labute approximate surface area is 132 Å². The lowest BCUT2D eigenvalue weighted by molar-refractivity contribution is -0.164. The minimum absolute atomic E-state index is 0.134. The highest BCUT2D eigenvalue weighted by atomic mass is 16.6. The summed E-state index contributed by atoms with van der Waals surface area (Å²) in [7, 11) is 0. The molecule has 22 heavy (non-hydrogen) atoms. The van der Waals surface area contributed by atoms with E-state index in [2.05, 4.69) is 5.32 Å². The van der Waals surface area contributed by atoms with Gasteiger partial charge in [0.2, 0.25) is 12.3 Å². The van der Waals surface area contributed by atoms with Gasteiger partial charge in [-0.2, -0.15) is 0 Å². The van der Waals surface area contributed by atoms with Gasteiger partial charge < -0.3 is 15.0 Å². The van der Waals surface area contributed by atoms with E-state index in [0.717, 1.165) is 19.4 Å². The maximum atomic E-state index is 12.3. The Bertz CT molecular complexity index is 415. The largest absolute Gasteiger partial charge is 0.459 e. The van der Waals surface area contributed by atoms with Crippen LogP contribution in [0.4, 0.5) is 0 Å². The quantitative estimate of drug-likeness (QED) is 0.454. The molecule has 1 N–H and O–H groups in total. The van der Waals surface area contributed by atoms with Crippen molar-refractivity contribution in [2.75, 3.05) is 19.6 Å². The summed E-state index contributed by atoms with van der Waals surface area (Å²) >= 11 is 0. The van der Waals surface area contributed by atoms with Crippen LogP contribution in [0.1, 0.15) is 41.0 Å². The van der Waals surface area contributed by atoms with E-state index in [0.29, 0.717) is 13.1 Å². The number of carbonyl (C=O) groups is 3. The van der Waals surface area contributed by atoms with Crippen LogP contribution in [0.25, 0.3) is 0 Å². The number of hydrogen-bond acceptors (Lipinski definition) is 4. The third kappa shape index (κ3) is 5.66. The van der Waals surface area contributed by atoms with Gasteiger partial charge in [-0.25, -0.2) is 0 Å². The first-order valence-electron chi connectivity index (χ1n) is 7.84. The van der Waals surface area contributed by atoms with Crippen molar-refractivity contribution in [3.05, 3.63) is 0 Å². The molecule has 0 aromatic heterocycles. The van der Waals surface area contributed by atoms with E-state index < -0.39 is 17.5 Å². The normalized spacial score (nSPS) is 19.9. The van der Waals surface area contributed by atoms with Crippen molar-refractivity contribution in [1.82, 2.24) is 10.2 Å². The van der Waals surface area contributed by atoms with Gasteiger partial charge in [0, 0.05) is 19.6 Å². The monoisotopic (exact) mass is 312 g/mol. The Hall–Kier alpha value is -1.59. The van der Waals surface area contributed by atoms with Gasteiger partial charge in [-0.15, -0.1) is 0 Å². The zero-order chi connectivity index (χ0) is 16.9. The van der Waals surface area contributed by atoms with Crippen LogP contribution in [0.2, 0.25) is 0 Å². The Balaban J connectivity index is 2.55. The van der Waals surface area contributed by atoms with E-state index >= 15 is 0 Å². The molecule has 0 aromatic carbocycles.